The Labute approximate surface area is 90.0 Å². The third-order valence-corrected chi connectivity index (χ3v) is 2.15. The molecule has 0 spiro atoms. The van der Waals surface area contributed by atoms with Gasteiger partial charge in [-0.15, -0.1) is 0 Å². The van der Waals surface area contributed by atoms with E-state index >= 15 is 0 Å². The van der Waals surface area contributed by atoms with Crippen LogP contribution in [0.2, 0.25) is 5.02 Å². The second-order valence-electron chi connectivity index (χ2n) is 2.80. The van der Waals surface area contributed by atoms with E-state index in [2.05, 4.69) is 4.74 Å². The molecule has 0 radical (unpaired) electrons. The minimum atomic E-state index is -5.14. The van der Waals surface area contributed by atoms with Crippen molar-refractivity contribution in [2.45, 2.75) is 0 Å². The van der Waals surface area contributed by atoms with Gasteiger partial charge in [0, 0.05) is 0 Å². The normalized spacial score (nSPS) is 11.3. The molecule has 0 N–H and O–H groups in total. The monoisotopic (exact) mass is 239 g/mol. The molecule has 0 aliphatic rings. The maximum absolute atomic E-state index is 12.6. The van der Waals surface area contributed by atoms with Crippen molar-refractivity contribution >= 4 is 24.0 Å². The van der Waals surface area contributed by atoms with Gasteiger partial charge < -0.3 is 22.4 Å². The van der Waals surface area contributed by atoms with Crippen LogP contribution < -0.4 is 14.9 Å². The summed E-state index contributed by atoms with van der Waals surface area (Å²) in [4.78, 5) is 0. The van der Waals surface area contributed by atoms with Gasteiger partial charge >= 0.3 is 6.98 Å². The molecule has 15 heavy (non-hydrogen) atoms. The van der Waals surface area contributed by atoms with Crippen molar-refractivity contribution in [1.29, 1.82) is 0 Å². The van der Waals surface area contributed by atoms with Crippen molar-refractivity contribution in [2.75, 3.05) is 14.2 Å². The van der Waals surface area contributed by atoms with Gasteiger partial charge in [0.1, 0.15) is 5.75 Å². The molecule has 0 atom stereocenters. The standard InChI is InChI=1S/C8H8BClF3O2/c1-14-7-4-6(10)8(15-2)3-5(7)9(11,12)13/h3-4H,1-2H3/q-1. The highest BCUT2D eigenvalue weighted by Crippen LogP contribution is 2.29. The first kappa shape index (κ1) is 12.0. The lowest BCUT2D eigenvalue weighted by Crippen LogP contribution is -2.35. The maximum Gasteiger partial charge on any atom is 0.513 e. The van der Waals surface area contributed by atoms with Gasteiger partial charge in [0.2, 0.25) is 0 Å². The lowest BCUT2D eigenvalue weighted by molar-refractivity contribution is 0.402. The second-order valence-corrected chi connectivity index (χ2v) is 3.21. The highest BCUT2D eigenvalue weighted by molar-refractivity contribution is 6.74. The molecule has 0 aromatic heterocycles. The van der Waals surface area contributed by atoms with Crippen LogP contribution in [-0.2, 0) is 0 Å². The van der Waals surface area contributed by atoms with Gasteiger partial charge in [-0.1, -0.05) is 17.1 Å². The molecular weight excluding hydrogens is 231 g/mol. The fourth-order valence-corrected chi connectivity index (χ4v) is 1.37. The Balaban J connectivity index is 3.36. The Morgan fingerprint density at radius 1 is 1.07 bits per heavy atom. The van der Waals surface area contributed by atoms with E-state index in [0.717, 1.165) is 19.2 Å². The van der Waals surface area contributed by atoms with E-state index in [0.29, 0.717) is 0 Å². The molecule has 2 nitrogen and oxygen atoms in total. The molecule has 1 rings (SSSR count). The number of hydrogen-bond donors (Lipinski definition) is 0. The summed E-state index contributed by atoms with van der Waals surface area (Å²) in [6.45, 7) is -5.14. The maximum atomic E-state index is 12.6. The quantitative estimate of drug-likeness (QED) is 0.754. The fraction of sp³-hybridized carbons (Fsp3) is 0.250. The average molecular weight is 239 g/mol. The third-order valence-electron chi connectivity index (χ3n) is 1.86. The zero-order valence-electron chi connectivity index (χ0n) is 8.06. The SMILES string of the molecule is COc1cc([B-](F)(F)F)c(OC)cc1Cl. The first-order valence-corrected chi connectivity index (χ1v) is 4.39. The number of hydrogen-bond acceptors (Lipinski definition) is 2. The minimum Gasteiger partial charge on any atom is -0.500 e. The highest BCUT2D eigenvalue weighted by Gasteiger charge is 2.30. The number of methoxy groups -OCH3 is 2. The van der Waals surface area contributed by atoms with Gasteiger partial charge in [0.05, 0.1) is 25.0 Å². The molecule has 0 saturated carbocycles. The topological polar surface area (TPSA) is 18.5 Å². The fourth-order valence-electron chi connectivity index (χ4n) is 1.14. The van der Waals surface area contributed by atoms with E-state index in [9.17, 15) is 12.9 Å². The van der Waals surface area contributed by atoms with Crippen LogP contribution in [0.3, 0.4) is 0 Å². The first-order chi connectivity index (χ1) is 6.90. The Morgan fingerprint density at radius 2 is 1.60 bits per heavy atom. The predicted molar refractivity (Wildman–Crippen MR) is 53.3 cm³/mol. The molecule has 7 heteroatoms. The summed E-state index contributed by atoms with van der Waals surface area (Å²) >= 11 is 5.66. The smallest absolute Gasteiger partial charge is 0.500 e. The van der Waals surface area contributed by atoms with Crippen LogP contribution in [-0.4, -0.2) is 21.2 Å². The van der Waals surface area contributed by atoms with Crippen LogP contribution in [0.15, 0.2) is 12.1 Å². The predicted octanol–water partition coefficient (Wildman–Crippen LogP) is 2.41. The van der Waals surface area contributed by atoms with Gasteiger partial charge in [-0.05, 0) is 12.1 Å². The molecule has 0 heterocycles. The third kappa shape index (κ3) is 2.50. The average Bonchev–Trinajstić information content (AvgIpc) is 2.15. The summed E-state index contributed by atoms with van der Waals surface area (Å²) in [6, 6.07) is 1.92. The number of halogens is 4. The molecule has 0 saturated heterocycles. The Hall–Kier alpha value is -1.04. The number of ether oxygens (including phenoxy) is 2. The van der Waals surface area contributed by atoms with Crippen molar-refractivity contribution in [3.63, 3.8) is 0 Å². The summed E-state index contributed by atoms with van der Waals surface area (Å²) < 4.78 is 47.0. The molecule has 0 unspecified atom stereocenters. The van der Waals surface area contributed by atoms with Crippen LogP contribution >= 0.6 is 11.6 Å². The molecule has 0 amide bonds. The van der Waals surface area contributed by atoms with Crippen molar-refractivity contribution in [3.8, 4) is 11.5 Å². The summed E-state index contributed by atoms with van der Waals surface area (Å²) in [7, 11) is 2.41. The molecular formula is C8H8BClF3O2-. The minimum absolute atomic E-state index is 0.0216. The molecule has 84 valence electrons. The van der Waals surface area contributed by atoms with Crippen LogP contribution in [0.4, 0.5) is 12.9 Å². The van der Waals surface area contributed by atoms with Gasteiger partial charge in [0.15, 0.2) is 0 Å². The van der Waals surface area contributed by atoms with E-state index in [-0.39, 0.29) is 16.5 Å². The van der Waals surface area contributed by atoms with Crippen LogP contribution in [0.1, 0.15) is 0 Å². The van der Waals surface area contributed by atoms with Gasteiger partial charge in [-0.25, -0.2) is 0 Å². The van der Waals surface area contributed by atoms with E-state index in [1.807, 2.05) is 0 Å². The van der Waals surface area contributed by atoms with Gasteiger partial charge in [0.25, 0.3) is 0 Å². The van der Waals surface area contributed by atoms with Crippen molar-refractivity contribution < 1.29 is 22.4 Å². The molecule has 0 bridgehead atoms. The molecule has 1 aromatic rings. The molecule has 0 aliphatic carbocycles. The van der Waals surface area contributed by atoms with Crippen LogP contribution in [0.5, 0.6) is 11.5 Å². The molecule has 1 aromatic carbocycles. The largest absolute Gasteiger partial charge is 0.513 e. The van der Waals surface area contributed by atoms with E-state index in [4.69, 9.17) is 16.3 Å². The van der Waals surface area contributed by atoms with E-state index in [1.165, 1.54) is 7.11 Å². The van der Waals surface area contributed by atoms with Crippen molar-refractivity contribution in [2.24, 2.45) is 0 Å². The lowest BCUT2D eigenvalue weighted by atomic mass is 9.79. The van der Waals surface area contributed by atoms with Gasteiger partial charge in [-0.3, -0.25) is 0 Å². The summed E-state index contributed by atoms with van der Waals surface area (Å²) in [6.07, 6.45) is 0. The van der Waals surface area contributed by atoms with Gasteiger partial charge in [-0.2, -0.15) is 0 Å². The first-order valence-electron chi connectivity index (χ1n) is 4.01. The van der Waals surface area contributed by atoms with Crippen LogP contribution in [0.25, 0.3) is 0 Å². The summed E-state index contributed by atoms with van der Waals surface area (Å²) in [5.74, 6) is -0.319. The number of benzene rings is 1. The zero-order valence-corrected chi connectivity index (χ0v) is 8.82. The van der Waals surface area contributed by atoms with Crippen molar-refractivity contribution in [1.82, 2.24) is 0 Å². The Morgan fingerprint density at radius 3 is 2.00 bits per heavy atom. The van der Waals surface area contributed by atoms with Crippen LogP contribution in [0, 0.1) is 0 Å². The Bertz CT molecular complexity index is 368. The highest BCUT2D eigenvalue weighted by atomic mass is 35.5. The molecule has 0 fully saturated rings. The zero-order chi connectivity index (χ0) is 11.6. The summed E-state index contributed by atoms with van der Waals surface area (Å²) in [5.41, 5.74) is -0.848. The summed E-state index contributed by atoms with van der Waals surface area (Å²) in [5, 5.41) is 0.0816. The van der Waals surface area contributed by atoms with E-state index in [1.54, 1.807) is 0 Å². The second kappa shape index (κ2) is 4.22. The Kier molecular flexibility index (Phi) is 3.39. The lowest BCUT2D eigenvalue weighted by Gasteiger charge is -2.20. The number of rotatable bonds is 3. The van der Waals surface area contributed by atoms with E-state index < -0.39 is 12.4 Å². The van der Waals surface area contributed by atoms with Crippen molar-refractivity contribution in [3.05, 3.63) is 17.2 Å². The molecule has 0 aliphatic heterocycles.